The summed E-state index contributed by atoms with van der Waals surface area (Å²) in [6.07, 6.45) is 4.75. The van der Waals surface area contributed by atoms with Crippen LogP contribution >= 0.6 is 0 Å². The zero-order valence-electron chi connectivity index (χ0n) is 16.5. The average molecular weight is 344 g/mol. The highest BCUT2D eigenvalue weighted by Gasteiger charge is 2.38. The fourth-order valence-corrected chi connectivity index (χ4v) is 4.89. The first kappa shape index (κ1) is 17.1. The second-order valence-electron chi connectivity index (χ2n) is 7.95. The van der Waals surface area contributed by atoms with Gasteiger partial charge in [0.15, 0.2) is 0 Å². The van der Waals surface area contributed by atoms with Crippen LogP contribution in [-0.4, -0.2) is 13.1 Å². The molecule has 0 unspecified atom stereocenters. The zero-order valence-corrected chi connectivity index (χ0v) is 16.5. The van der Waals surface area contributed by atoms with Crippen molar-refractivity contribution in [3.05, 3.63) is 76.4 Å². The lowest BCUT2D eigenvalue weighted by Gasteiger charge is -2.35. The Morgan fingerprint density at radius 1 is 0.885 bits per heavy atom. The van der Waals surface area contributed by atoms with Gasteiger partial charge in [-0.25, -0.2) is 0 Å². The number of anilines is 1. The molecule has 2 aromatic carbocycles. The first-order chi connectivity index (χ1) is 12.6. The highest BCUT2D eigenvalue weighted by molar-refractivity contribution is 5.85. The molecule has 0 spiro atoms. The third-order valence-electron chi connectivity index (χ3n) is 6.20. The summed E-state index contributed by atoms with van der Waals surface area (Å²) >= 11 is 0. The molecule has 0 radical (unpaired) electrons. The van der Waals surface area contributed by atoms with Crippen molar-refractivity contribution in [2.24, 2.45) is 0 Å². The van der Waals surface area contributed by atoms with Crippen molar-refractivity contribution in [2.45, 2.75) is 46.0 Å². The number of nitrogens with zero attached hydrogens (tertiary/aromatic N) is 1. The van der Waals surface area contributed by atoms with Crippen molar-refractivity contribution in [3.63, 3.8) is 0 Å². The topological polar surface area (TPSA) is 3.24 Å². The number of rotatable bonds is 4. The van der Waals surface area contributed by atoms with Crippen LogP contribution in [0.15, 0.2) is 59.7 Å². The fourth-order valence-electron chi connectivity index (χ4n) is 4.89. The van der Waals surface area contributed by atoms with E-state index in [2.05, 4.69) is 87.2 Å². The summed E-state index contributed by atoms with van der Waals surface area (Å²) in [5, 5.41) is 0. The molecule has 2 aliphatic carbocycles. The summed E-state index contributed by atoms with van der Waals surface area (Å²) in [6, 6.07) is 18.1. The standard InChI is InChI=1S/C25H29N/c1-5-26(6-2)21-14-11-18(12-15-21)22-16-13-20-17-19-9-7-8-10-23(19)25(3,4)24(20)22/h7-12,14-15,17H,5-6,13,16H2,1-4H3. The molecule has 1 heteroatoms. The molecular weight excluding hydrogens is 314 g/mol. The van der Waals surface area contributed by atoms with Crippen molar-refractivity contribution < 1.29 is 0 Å². The number of benzene rings is 2. The van der Waals surface area contributed by atoms with Crippen LogP contribution in [0.3, 0.4) is 0 Å². The minimum atomic E-state index is 0.0735. The van der Waals surface area contributed by atoms with E-state index in [4.69, 9.17) is 0 Å². The van der Waals surface area contributed by atoms with E-state index in [0.717, 1.165) is 19.5 Å². The average Bonchev–Trinajstić information content (AvgIpc) is 3.08. The van der Waals surface area contributed by atoms with E-state index in [1.54, 1.807) is 11.1 Å². The third-order valence-corrected chi connectivity index (χ3v) is 6.20. The number of hydrogen-bond acceptors (Lipinski definition) is 1. The molecule has 134 valence electrons. The molecule has 0 aliphatic heterocycles. The van der Waals surface area contributed by atoms with E-state index in [1.807, 2.05) is 0 Å². The normalized spacial score (nSPS) is 17.6. The molecule has 1 nitrogen and oxygen atoms in total. The molecule has 2 aromatic rings. The van der Waals surface area contributed by atoms with Crippen molar-refractivity contribution in [1.29, 1.82) is 0 Å². The van der Waals surface area contributed by atoms with Crippen molar-refractivity contribution in [1.82, 2.24) is 0 Å². The lowest BCUT2D eigenvalue weighted by atomic mass is 9.69. The van der Waals surface area contributed by atoms with E-state index in [1.165, 1.54) is 34.4 Å². The summed E-state index contributed by atoms with van der Waals surface area (Å²) in [5.41, 5.74) is 10.3. The predicted molar refractivity (Wildman–Crippen MR) is 114 cm³/mol. The van der Waals surface area contributed by atoms with Gasteiger partial charge in [0.2, 0.25) is 0 Å². The largest absolute Gasteiger partial charge is 0.372 e. The molecule has 0 saturated heterocycles. The molecular formula is C25H29N. The maximum Gasteiger partial charge on any atom is 0.0366 e. The zero-order chi connectivity index (χ0) is 18.3. The molecule has 0 heterocycles. The predicted octanol–water partition coefficient (Wildman–Crippen LogP) is 6.46. The maximum absolute atomic E-state index is 2.42. The van der Waals surface area contributed by atoms with Crippen LogP contribution in [-0.2, 0) is 5.41 Å². The van der Waals surface area contributed by atoms with Gasteiger partial charge in [-0.2, -0.15) is 0 Å². The molecule has 0 saturated carbocycles. The smallest absolute Gasteiger partial charge is 0.0366 e. The van der Waals surface area contributed by atoms with Crippen LogP contribution in [0.5, 0.6) is 0 Å². The van der Waals surface area contributed by atoms with E-state index in [9.17, 15) is 0 Å². The Morgan fingerprint density at radius 2 is 1.58 bits per heavy atom. The maximum atomic E-state index is 2.42. The second kappa shape index (κ2) is 6.46. The molecule has 0 atom stereocenters. The highest BCUT2D eigenvalue weighted by Crippen LogP contribution is 2.52. The van der Waals surface area contributed by atoms with Crippen LogP contribution in [0, 0.1) is 0 Å². The van der Waals surface area contributed by atoms with Gasteiger partial charge in [-0.3, -0.25) is 0 Å². The Morgan fingerprint density at radius 3 is 2.27 bits per heavy atom. The van der Waals surface area contributed by atoms with Crippen LogP contribution < -0.4 is 4.90 Å². The fraction of sp³-hybridized carbons (Fsp3) is 0.360. The van der Waals surface area contributed by atoms with Crippen molar-refractivity contribution in [2.75, 3.05) is 18.0 Å². The lowest BCUT2D eigenvalue weighted by molar-refractivity contribution is 0.628. The Kier molecular flexibility index (Phi) is 4.26. The van der Waals surface area contributed by atoms with Gasteiger partial charge in [-0.15, -0.1) is 0 Å². The Hall–Kier alpha value is -2.28. The third kappa shape index (κ3) is 2.61. The minimum Gasteiger partial charge on any atom is -0.372 e. The van der Waals surface area contributed by atoms with Crippen LogP contribution in [0.4, 0.5) is 5.69 Å². The van der Waals surface area contributed by atoms with Crippen LogP contribution in [0.2, 0.25) is 0 Å². The summed E-state index contributed by atoms with van der Waals surface area (Å²) in [6.45, 7) is 11.3. The van der Waals surface area contributed by atoms with Gasteiger partial charge in [0, 0.05) is 24.2 Å². The monoisotopic (exact) mass is 343 g/mol. The number of hydrogen-bond donors (Lipinski definition) is 0. The molecule has 0 fully saturated rings. The van der Waals surface area contributed by atoms with E-state index < -0.39 is 0 Å². The van der Waals surface area contributed by atoms with Gasteiger partial charge in [0.25, 0.3) is 0 Å². The van der Waals surface area contributed by atoms with E-state index >= 15 is 0 Å². The summed E-state index contributed by atoms with van der Waals surface area (Å²) in [4.78, 5) is 2.41. The number of allylic oxidation sites excluding steroid dienone is 3. The second-order valence-corrected chi connectivity index (χ2v) is 7.95. The molecule has 0 amide bonds. The van der Waals surface area contributed by atoms with Gasteiger partial charge in [0.1, 0.15) is 0 Å². The Balaban J connectivity index is 1.79. The van der Waals surface area contributed by atoms with Gasteiger partial charge >= 0.3 is 0 Å². The lowest BCUT2D eigenvalue weighted by Crippen LogP contribution is -2.25. The van der Waals surface area contributed by atoms with Crippen LogP contribution in [0.25, 0.3) is 11.6 Å². The molecule has 4 rings (SSSR count). The Bertz CT molecular complexity index is 877. The highest BCUT2D eigenvalue weighted by atomic mass is 15.1. The van der Waals surface area contributed by atoms with Gasteiger partial charge in [-0.1, -0.05) is 56.3 Å². The quantitative estimate of drug-likeness (QED) is 0.616. The summed E-state index contributed by atoms with van der Waals surface area (Å²) in [5.74, 6) is 0. The molecule has 2 aliphatic rings. The summed E-state index contributed by atoms with van der Waals surface area (Å²) < 4.78 is 0. The Labute approximate surface area is 158 Å². The molecule has 0 bridgehead atoms. The van der Waals surface area contributed by atoms with E-state index in [0.29, 0.717) is 0 Å². The first-order valence-corrected chi connectivity index (χ1v) is 9.95. The van der Waals surface area contributed by atoms with E-state index in [-0.39, 0.29) is 5.41 Å². The van der Waals surface area contributed by atoms with Crippen LogP contribution in [0.1, 0.15) is 57.2 Å². The van der Waals surface area contributed by atoms with Crippen molar-refractivity contribution in [3.8, 4) is 0 Å². The molecule has 0 N–H and O–H groups in total. The van der Waals surface area contributed by atoms with Crippen molar-refractivity contribution >= 4 is 17.3 Å². The minimum absolute atomic E-state index is 0.0735. The number of fused-ring (bicyclic) bond motifs is 2. The van der Waals surface area contributed by atoms with Gasteiger partial charge < -0.3 is 4.90 Å². The molecule has 26 heavy (non-hydrogen) atoms. The first-order valence-electron chi connectivity index (χ1n) is 9.95. The van der Waals surface area contributed by atoms with Gasteiger partial charge in [-0.05, 0) is 72.2 Å². The summed E-state index contributed by atoms with van der Waals surface area (Å²) in [7, 11) is 0. The molecule has 0 aromatic heterocycles. The SMILES string of the molecule is CCN(CC)c1ccc(C2=C3C(=Cc4ccccc4C3(C)C)CC2)cc1. The van der Waals surface area contributed by atoms with Gasteiger partial charge in [0.05, 0.1) is 0 Å².